The number of Topliss-reactive ketones (excluding diaryl/α,β-unsaturated/α-hetero) is 1. The second kappa shape index (κ2) is 5.31. The number of ketones is 1. The predicted molar refractivity (Wildman–Crippen MR) is 66.4 cm³/mol. The van der Waals surface area contributed by atoms with Crippen LogP contribution in [0.4, 0.5) is 0 Å². The van der Waals surface area contributed by atoms with Gasteiger partial charge in [-0.1, -0.05) is 19.8 Å². The lowest BCUT2D eigenvalue weighted by Crippen LogP contribution is -2.50. The van der Waals surface area contributed by atoms with Crippen LogP contribution < -0.4 is 0 Å². The summed E-state index contributed by atoms with van der Waals surface area (Å²) in [5, 5.41) is 0. The first-order valence-electron chi connectivity index (χ1n) is 6.97. The van der Waals surface area contributed by atoms with Crippen molar-refractivity contribution in [2.75, 3.05) is 6.54 Å². The van der Waals surface area contributed by atoms with E-state index in [1.807, 2.05) is 0 Å². The van der Waals surface area contributed by atoms with Crippen LogP contribution in [-0.4, -0.2) is 29.3 Å². The SMILES string of the molecule is CC1CCC(C)N(C2CCCCCC2=O)C1. The van der Waals surface area contributed by atoms with Crippen LogP contribution in [0.1, 0.15) is 58.8 Å². The highest BCUT2D eigenvalue weighted by atomic mass is 16.1. The number of hydrogen-bond donors (Lipinski definition) is 0. The van der Waals surface area contributed by atoms with Crippen molar-refractivity contribution in [2.45, 2.75) is 70.9 Å². The van der Waals surface area contributed by atoms with E-state index >= 15 is 0 Å². The second-order valence-electron chi connectivity index (χ2n) is 5.81. The maximum Gasteiger partial charge on any atom is 0.149 e. The van der Waals surface area contributed by atoms with Gasteiger partial charge in [0.15, 0.2) is 0 Å². The molecular weight excluding hydrogens is 198 g/mol. The molecule has 3 atom stereocenters. The van der Waals surface area contributed by atoms with E-state index in [1.54, 1.807) is 0 Å². The Morgan fingerprint density at radius 2 is 1.88 bits per heavy atom. The van der Waals surface area contributed by atoms with E-state index in [0.29, 0.717) is 11.8 Å². The van der Waals surface area contributed by atoms with Gasteiger partial charge in [0.25, 0.3) is 0 Å². The van der Waals surface area contributed by atoms with Gasteiger partial charge in [0.05, 0.1) is 6.04 Å². The zero-order chi connectivity index (χ0) is 11.5. The summed E-state index contributed by atoms with van der Waals surface area (Å²) in [5.74, 6) is 1.28. The van der Waals surface area contributed by atoms with E-state index in [9.17, 15) is 4.79 Å². The Balaban J connectivity index is 2.05. The van der Waals surface area contributed by atoms with Gasteiger partial charge < -0.3 is 0 Å². The van der Waals surface area contributed by atoms with Crippen molar-refractivity contribution in [1.82, 2.24) is 4.90 Å². The molecule has 1 saturated heterocycles. The van der Waals surface area contributed by atoms with E-state index in [2.05, 4.69) is 18.7 Å². The lowest BCUT2D eigenvalue weighted by Gasteiger charge is -2.41. The fraction of sp³-hybridized carbons (Fsp3) is 0.929. The van der Waals surface area contributed by atoms with Gasteiger partial charge in [0.1, 0.15) is 5.78 Å². The Morgan fingerprint density at radius 1 is 1.06 bits per heavy atom. The van der Waals surface area contributed by atoms with Crippen LogP contribution in [0.2, 0.25) is 0 Å². The quantitative estimate of drug-likeness (QED) is 0.637. The highest BCUT2D eigenvalue weighted by Gasteiger charge is 2.33. The van der Waals surface area contributed by atoms with Crippen molar-refractivity contribution in [2.24, 2.45) is 5.92 Å². The van der Waals surface area contributed by atoms with E-state index in [-0.39, 0.29) is 6.04 Å². The summed E-state index contributed by atoms with van der Waals surface area (Å²) in [6.07, 6.45) is 8.14. The van der Waals surface area contributed by atoms with Gasteiger partial charge in [-0.05, 0) is 38.5 Å². The molecule has 2 heteroatoms. The fourth-order valence-electron chi connectivity index (χ4n) is 3.25. The van der Waals surface area contributed by atoms with Crippen LogP contribution in [0, 0.1) is 5.92 Å². The van der Waals surface area contributed by atoms with Gasteiger partial charge in [0, 0.05) is 19.0 Å². The summed E-state index contributed by atoms with van der Waals surface area (Å²) in [4.78, 5) is 14.6. The minimum atomic E-state index is 0.250. The average Bonchev–Trinajstić information content (AvgIpc) is 2.47. The predicted octanol–water partition coefficient (Wildman–Crippen LogP) is 3.01. The molecule has 0 spiro atoms. The number of nitrogens with zero attached hydrogens (tertiary/aromatic N) is 1. The first-order chi connectivity index (χ1) is 7.68. The summed E-state index contributed by atoms with van der Waals surface area (Å²) in [6.45, 7) is 5.75. The fourth-order valence-corrected chi connectivity index (χ4v) is 3.25. The highest BCUT2D eigenvalue weighted by Crippen LogP contribution is 2.28. The summed E-state index contributed by atoms with van der Waals surface area (Å²) < 4.78 is 0. The van der Waals surface area contributed by atoms with Gasteiger partial charge in [0.2, 0.25) is 0 Å². The highest BCUT2D eigenvalue weighted by molar-refractivity contribution is 5.84. The van der Waals surface area contributed by atoms with Gasteiger partial charge in [-0.3, -0.25) is 9.69 Å². The van der Waals surface area contributed by atoms with Crippen LogP contribution in [0.3, 0.4) is 0 Å². The lowest BCUT2D eigenvalue weighted by atomic mass is 9.91. The van der Waals surface area contributed by atoms with Crippen molar-refractivity contribution in [3.63, 3.8) is 0 Å². The molecule has 2 aliphatic rings. The van der Waals surface area contributed by atoms with E-state index < -0.39 is 0 Å². The minimum absolute atomic E-state index is 0.250. The van der Waals surface area contributed by atoms with Crippen LogP contribution >= 0.6 is 0 Å². The summed E-state index contributed by atoms with van der Waals surface area (Å²) in [6, 6.07) is 0.864. The van der Waals surface area contributed by atoms with Crippen molar-refractivity contribution in [1.29, 1.82) is 0 Å². The van der Waals surface area contributed by atoms with Crippen molar-refractivity contribution in [3.8, 4) is 0 Å². The molecule has 0 bridgehead atoms. The smallest absolute Gasteiger partial charge is 0.149 e. The van der Waals surface area contributed by atoms with Crippen molar-refractivity contribution < 1.29 is 4.79 Å². The topological polar surface area (TPSA) is 20.3 Å². The molecule has 2 rings (SSSR count). The first kappa shape index (κ1) is 12.1. The Labute approximate surface area is 99.4 Å². The van der Waals surface area contributed by atoms with Crippen LogP contribution in [0.5, 0.6) is 0 Å². The molecule has 1 heterocycles. The van der Waals surface area contributed by atoms with E-state index in [0.717, 1.165) is 31.7 Å². The van der Waals surface area contributed by atoms with Crippen molar-refractivity contribution >= 4 is 5.78 Å². The van der Waals surface area contributed by atoms with Gasteiger partial charge in [-0.2, -0.15) is 0 Å². The number of likely N-dealkylation sites (tertiary alicyclic amines) is 1. The average molecular weight is 223 g/mol. The third-order valence-electron chi connectivity index (χ3n) is 4.34. The molecular formula is C14H25NO. The summed E-state index contributed by atoms with van der Waals surface area (Å²) >= 11 is 0. The molecule has 0 aromatic rings. The summed E-state index contributed by atoms with van der Waals surface area (Å²) in [7, 11) is 0. The molecule has 1 aliphatic carbocycles. The molecule has 0 aromatic heterocycles. The van der Waals surface area contributed by atoms with Crippen LogP contribution in [-0.2, 0) is 4.79 Å². The molecule has 0 amide bonds. The molecule has 16 heavy (non-hydrogen) atoms. The molecule has 0 radical (unpaired) electrons. The molecule has 1 saturated carbocycles. The Morgan fingerprint density at radius 3 is 2.69 bits per heavy atom. The molecule has 1 aliphatic heterocycles. The number of piperidine rings is 1. The number of carbonyl (C=O) groups excluding carboxylic acids is 1. The maximum absolute atomic E-state index is 12.1. The number of hydrogen-bond acceptors (Lipinski definition) is 2. The van der Waals surface area contributed by atoms with E-state index in [4.69, 9.17) is 0 Å². The van der Waals surface area contributed by atoms with Crippen molar-refractivity contribution in [3.05, 3.63) is 0 Å². The monoisotopic (exact) mass is 223 g/mol. The molecule has 2 fully saturated rings. The second-order valence-corrected chi connectivity index (χ2v) is 5.81. The van der Waals surface area contributed by atoms with Crippen LogP contribution in [0.25, 0.3) is 0 Å². The standard InChI is InChI=1S/C14H25NO/c1-11-8-9-12(2)15(10-11)13-6-4-3-5-7-14(13)16/h11-13H,3-10H2,1-2H3. The largest absolute Gasteiger partial charge is 0.298 e. The third kappa shape index (κ3) is 2.65. The minimum Gasteiger partial charge on any atom is -0.298 e. The van der Waals surface area contributed by atoms with Gasteiger partial charge >= 0.3 is 0 Å². The Bertz CT molecular complexity index is 251. The first-order valence-corrected chi connectivity index (χ1v) is 6.97. The maximum atomic E-state index is 12.1. The summed E-state index contributed by atoms with van der Waals surface area (Å²) in [5.41, 5.74) is 0. The van der Waals surface area contributed by atoms with Gasteiger partial charge in [-0.25, -0.2) is 0 Å². The molecule has 92 valence electrons. The van der Waals surface area contributed by atoms with Crippen LogP contribution in [0.15, 0.2) is 0 Å². The molecule has 3 unspecified atom stereocenters. The Hall–Kier alpha value is -0.370. The normalized spacial score (nSPS) is 38.4. The molecule has 0 N–H and O–H groups in total. The zero-order valence-corrected chi connectivity index (χ0v) is 10.7. The Kier molecular flexibility index (Phi) is 4.01. The number of rotatable bonds is 1. The molecule has 0 aromatic carbocycles. The zero-order valence-electron chi connectivity index (χ0n) is 10.7. The lowest BCUT2D eigenvalue weighted by molar-refractivity contribution is -0.126. The van der Waals surface area contributed by atoms with E-state index in [1.165, 1.54) is 25.7 Å². The van der Waals surface area contributed by atoms with Gasteiger partial charge in [-0.15, -0.1) is 0 Å². The third-order valence-corrected chi connectivity index (χ3v) is 4.34. The molecule has 2 nitrogen and oxygen atoms in total. The number of carbonyl (C=O) groups is 1.